The van der Waals surface area contributed by atoms with Gasteiger partial charge in [-0.2, -0.15) is 0 Å². The van der Waals surface area contributed by atoms with Crippen molar-refractivity contribution in [3.63, 3.8) is 0 Å². The smallest absolute Gasteiger partial charge is 0.116 e. The molecule has 0 spiro atoms. The Labute approximate surface area is 112 Å². The minimum absolute atomic E-state index is 0.832. The van der Waals surface area contributed by atoms with Gasteiger partial charge >= 0.3 is 0 Å². The van der Waals surface area contributed by atoms with Crippen molar-refractivity contribution < 1.29 is 0 Å². The fourth-order valence-electron chi connectivity index (χ4n) is 2.36. The molecule has 5 heteroatoms. The van der Waals surface area contributed by atoms with Gasteiger partial charge < -0.3 is 0 Å². The van der Waals surface area contributed by atoms with Gasteiger partial charge in [0, 0.05) is 24.5 Å². The van der Waals surface area contributed by atoms with E-state index in [2.05, 4.69) is 26.4 Å². The van der Waals surface area contributed by atoms with E-state index in [1.165, 1.54) is 32.0 Å². The molecule has 0 radical (unpaired) electrons. The van der Waals surface area contributed by atoms with Crippen molar-refractivity contribution in [2.24, 2.45) is 0 Å². The number of aromatic nitrogens is 5. The molecule has 0 bridgehead atoms. The molecular formula is C14H17N5. The van der Waals surface area contributed by atoms with Gasteiger partial charge in [-0.25, -0.2) is 9.97 Å². The van der Waals surface area contributed by atoms with Crippen LogP contribution in [0.4, 0.5) is 0 Å². The zero-order valence-electron chi connectivity index (χ0n) is 10.9. The Hall–Kier alpha value is -2.04. The normalized spacial score (nSPS) is 15.3. The molecule has 0 fully saturated rings. The van der Waals surface area contributed by atoms with E-state index in [1.807, 2.05) is 10.9 Å². The van der Waals surface area contributed by atoms with Crippen LogP contribution in [0.2, 0.25) is 0 Å². The summed E-state index contributed by atoms with van der Waals surface area (Å²) in [6.07, 6.45) is 15.6. The Bertz CT molecular complexity index is 558. The maximum absolute atomic E-state index is 4.16. The third-order valence-electron chi connectivity index (χ3n) is 3.44. The molecular weight excluding hydrogens is 238 g/mol. The molecule has 98 valence electrons. The zero-order chi connectivity index (χ0) is 12.9. The average Bonchev–Trinajstić information content (AvgIpc) is 2.96. The summed E-state index contributed by atoms with van der Waals surface area (Å²) < 4.78 is 1.90. The van der Waals surface area contributed by atoms with Crippen LogP contribution in [-0.2, 0) is 6.54 Å². The molecule has 2 aromatic heterocycles. The van der Waals surface area contributed by atoms with Gasteiger partial charge in [0.15, 0.2) is 0 Å². The Kier molecular flexibility index (Phi) is 3.63. The van der Waals surface area contributed by atoms with Gasteiger partial charge in [-0.15, -0.1) is 5.10 Å². The van der Waals surface area contributed by atoms with Crippen LogP contribution in [0.15, 0.2) is 36.6 Å². The largest absolute Gasteiger partial charge is 0.252 e. The lowest BCUT2D eigenvalue weighted by Crippen LogP contribution is -2.02. The third kappa shape index (κ3) is 3.05. The predicted molar refractivity (Wildman–Crippen MR) is 72.2 cm³/mol. The quantitative estimate of drug-likeness (QED) is 0.788. The number of hydrogen-bond acceptors (Lipinski definition) is 4. The second-order valence-corrected chi connectivity index (χ2v) is 4.85. The lowest BCUT2D eigenvalue weighted by Gasteiger charge is -2.11. The fraction of sp³-hybridized carbons (Fsp3) is 0.429. The maximum atomic E-state index is 4.16. The van der Waals surface area contributed by atoms with Gasteiger partial charge in [-0.1, -0.05) is 16.9 Å². The van der Waals surface area contributed by atoms with Crippen LogP contribution in [0.3, 0.4) is 0 Å². The molecule has 19 heavy (non-hydrogen) atoms. The summed E-state index contributed by atoms with van der Waals surface area (Å²) >= 11 is 0. The number of nitrogens with zero attached hydrogens (tertiary/aromatic N) is 5. The third-order valence-corrected chi connectivity index (χ3v) is 3.44. The first-order valence-electron chi connectivity index (χ1n) is 6.75. The second-order valence-electron chi connectivity index (χ2n) is 4.85. The van der Waals surface area contributed by atoms with Gasteiger partial charge in [-0.3, -0.25) is 4.68 Å². The van der Waals surface area contributed by atoms with E-state index >= 15 is 0 Å². The van der Waals surface area contributed by atoms with Crippen molar-refractivity contribution in [1.29, 1.82) is 0 Å². The molecule has 0 aromatic carbocycles. The Balaban J connectivity index is 1.64. The highest BCUT2D eigenvalue weighted by atomic mass is 15.4. The summed E-state index contributed by atoms with van der Waals surface area (Å²) in [5.74, 6) is 0. The Morgan fingerprint density at radius 3 is 2.84 bits per heavy atom. The molecule has 0 unspecified atom stereocenters. The van der Waals surface area contributed by atoms with Crippen LogP contribution < -0.4 is 0 Å². The average molecular weight is 255 g/mol. The van der Waals surface area contributed by atoms with E-state index < -0.39 is 0 Å². The lowest BCUT2D eigenvalue weighted by atomic mass is 9.97. The van der Waals surface area contributed by atoms with E-state index in [0.717, 1.165) is 24.2 Å². The van der Waals surface area contributed by atoms with Crippen LogP contribution in [0.1, 0.15) is 32.1 Å². The molecule has 0 saturated heterocycles. The van der Waals surface area contributed by atoms with Crippen molar-refractivity contribution >= 4 is 0 Å². The van der Waals surface area contributed by atoms with E-state index in [4.69, 9.17) is 0 Å². The van der Waals surface area contributed by atoms with Crippen molar-refractivity contribution in [2.75, 3.05) is 0 Å². The first kappa shape index (κ1) is 12.0. The maximum Gasteiger partial charge on any atom is 0.116 e. The summed E-state index contributed by atoms with van der Waals surface area (Å²) in [7, 11) is 0. The standard InChI is InChI=1S/C14H17N5/c1-2-4-12(5-3-1)6-7-19-10-14(17-18-19)13-8-15-11-16-9-13/h4,8-11H,1-3,5-7H2. The highest BCUT2D eigenvalue weighted by molar-refractivity contribution is 5.54. The van der Waals surface area contributed by atoms with Gasteiger partial charge in [0.2, 0.25) is 0 Å². The summed E-state index contributed by atoms with van der Waals surface area (Å²) in [5.41, 5.74) is 3.30. The summed E-state index contributed by atoms with van der Waals surface area (Å²) in [4.78, 5) is 7.98. The van der Waals surface area contributed by atoms with Crippen molar-refractivity contribution in [1.82, 2.24) is 25.0 Å². The minimum Gasteiger partial charge on any atom is -0.252 e. The van der Waals surface area contributed by atoms with E-state index in [1.54, 1.807) is 18.0 Å². The predicted octanol–water partition coefficient (Wildman–Crippen LogP) is 2.63. The minimum atomic E-state index is 0.832. The zero-order valence-corrected chi connectivity index (χ0v) is 10.9. The van der Waals surface area contributed by atoms with Crippen molar-refractivity contribution in [3.8, 4) is 11.3 Å². The number of rotatable bonds is 4. The number of allylic oxidation sites excluding steroid dienone is 2. The monoisotopic (exact) mass is 255 g/mol. The van der Waals surface area contributed by atoms with Crippen LogP contribution >= 0.6 is 0 Å². The van der Waals surface area contributed by atoms with Crippen molar-refractivity contribution in [2.45, 2.75) is 38.6 Å². The van der Waals surface area contributed by atoms with Gasteiger partial charge in [0.05, 0.1) is 6.20 Å². The molecule has 0 atom stereocenters. The summed E-state index contributed by atoms with van der Waals surface area (Å²) in [5, 5.41) is 8.32. The topological polar surface area (TPSA) is 56.5 Å². The Morgan fingerprint density at radius 2 is 2.05 bits per heavy atom. The van der Waals surface area contributed by atoms with Gasteiger partial charge in [-0.05, 0) is 32.1 Å². The molecule has 3 rings (SSSR count). The highest BCUT2D eigenvalue weighted by Gasteiger charge is 2.06. The lowest BCUT2D eigenvalue weighted by molar-refractivity contribution is 0.565. The molecule has 0 amide bonds. The van der Waals surface area contributed by atoms with Crippen LogP contribution in [0.5, 0.6) is 0 Å². The van der Waals surface area contributed by atoms with Crippen molar-refractivity contribution in [3.05, 3.63) is 36.6 Å². The first-order chi connectivity index (χ1) is 9.42. The molecule has 1 aliphatic rings. The Morgan fingerprint density at radius 1 is 1.16 bits per heavy atom. The van der Waals surface area contributed by atoms with Gasteiger partial charge in [0.1, 0.15) is 12.0 Å². The number of aryl methyl sites for hydroxylation is 1. The number of hydrogen-bond donors (Lipinski definition) is 0. The fourth-order valence-corrected chi connectivity index (χ4v) is 2.36. The van der Waals surface area contributed by atoms with Crippen LogP contribution in [0, 0.1) is 0 Å². The molecule has 0 saturated carbocycles. The van der Waals surface area contributed by atoms with E-state index in [9.17, 15) is 0 Å². The van der Waals surface area contributed by atoms with E-state index in [-0.39, 0.29) is 0 Å². The first-order valence-corrected chi connectivity index (χ1v) is 6.75. The SMILES string of the molecule is C1=C(CCn2cc(-c3cncnc3)nn2)CCCC1. The molecule has 5 nitrogen and oxygen atoms in total. The van der Waals surface area contributed by atoms with E-state index in [0.29, 0.717) is 0 Å². The van der Waals surface area contributed by atoms with Crippen LogP contribution in [0.25, 0.3) is 11.3 Å². The highest BCUT2D eigenvalue weighted by Crippen LogP contribution is 2.20. The molecule has 0 aliphatic heterocycles. The summed E-state index contributed by atoms with van der Waals surface area (Å²) in [6.45, 7) is 0.895. The van der Waals surface area contributed by atoms with Gasteiger partial charge in [0.25, 0.3) is 0 Å². The summed E-state index contributed by atoms with van der Waals surface area (Å²) in [6, 6.07) is 0. The molecule has 0 N–H and O–H groups in total. The molecule has 2 aromatic rings. The second kappa shape index (κ2) is 5.73. The molecule has 2 heterocycles. The van der Waals surface area contributed by atoms with Crippen LogP contribution in [-0.4, -0.2) is 25.0 Å². The molecule has 1 aliphatic carbocycles.